The lowest BCUT2D eigenvalue weighted by molar-refractivity contribution is -0.163. The summed E-state index contributed by atoms with van der Waals surface area (Å²) in [5.41, 5.74) is 2.06. The third-order valence-corrected chi connectivity index (χ3v) is 6.04. The number of benzene rings is 2. The molecule has 3 rings (SSSR count). The van der Waals surface area contributed by atoms with Crippen molar-refractivity contribution in [2.75, 3.05) is 35.3 Å². The normalized spacial score (nSPS) is 15.3. The zero-order valence-corrected chi connectivity index (χ0v) is 19.7. The topological polar surface area (TPSA) is 90.9 Å². The first-order valence-corrected chi connectivity index (χ1v) is 11.5. The lowest BCUT2D eigenvalue weighted by Gasteiger charge is -2.36. The monoisotopic (exact) mass is 493 g/mol. The summed E-state index contributed by atoms with van der Waals surface area (Å²) >= 11 is 0. The number of nitrogens with zero attached hydrogens (tertiary/aromatic N) is 1. The Hall–Kier alpha value is -3.27. The second kappa shape index (κ2) is 11.4. The molecule has 0 radical (unpaired) electrons. The number of amides is 2. The number of carbonyl (C=O) groups excluding carboxylic acids is 1. The van der Waals surface area contributed by atoms with Crippen LogP contribution in [0.15, 0.2) is 42.5 Å². The third kappa shape index (κ3) is 7.11. The molecule has 1 aliphatic rings. The molecule has 0 saturated carbocycles. The number of halogens is 3. The molecule has 1 atom stereocenters. The third-order valence-electron chi connectivity index (χ3n) is 6.04. The lowest BCUT2D eigenvalue weighted by atomic mass is 9.93. The second-order valence-electron chi connectivity index (χ2n) is 8.54. The van der Waals surface area contributed by atoms with Crippen molar-refractivity contribution in [2.45, 2.75) is 51.2 Å². The van der Waals surface area contributed by atoms with E-state index in [4.69, 9.17) is 9.84 Å². The van der Waals surface area contributed by atoms with Gasteiger partial charge in [0.15, 0.2) is 0 Å². The number of carboxylic acids is 1. The van der Waals surface area contributed by atoms with Crippen molar-refractivity contribution in [2.24, 2.45) is 0 Å². The summed E-state index contributed by atoms with van der Waals surface area (Å²) in [6, 6.07) is 10.6. The molecule has 2 aromatic carbocycles. The number of ether oxygens (including phenoxy) is 1. The van der Waals surface area contributed by atoms with E-state index in [1.54, 1.807) is 12.1 Å². The Morgan fingerprint density at radius 2 is 1.77 bits per heavy atom. The highest BCUT2D eigenvalue weighted by atomic mass is 19.4. The molecule has 1 fully saturated rings. The van der Waals surface area contributed by atoms with E-state index in [0.29, 0.717) is 31.1 Å². The fourth-order valence-corrected chi connectivity index (χ4v) is 4.26. The first kappa shape index (κ1) is 26.3. The van der Waals surface area contributed by atoms with Crippen molar-refractivity contribution in [1.29, 1.82) is 0 Å². The molecule has 0 aromatic heterocycles. The first-order valence-electron chi connectivity index (χ1n) is 11.5. The molecule has 0 aliphatic carbocycles. The first-order chi connectivity index (χ1) is 16.6. The molecule has 2 aromatic rings. The van der Waals surface area contributed by atoms with Crippen LogP contribution in [-0.2, 0) is 9.53 Å². The zero-order valence-electron chi connectivity index (χ0n) is 19.7. The maximum absolute atomic E-state index is 13.7. The number of rotatable bonds is 8. The van der Waals surface area contributed by atoms with E-state index in [-0.39, 0.29) is 17.3 Å². The summed E-state index contributed by atoms with van der Waals surface area (Å²) in [6.45, 7) is 5.55. The maximum atomic E-state index is 13.7. The average Bonchev–Trinajstić information content (AvgIpc) is 2.80. The van der Waals surface area contributed by atoms with Crippen molar-refractivity contribution in [3.8, 4) is 0 Å². The van der Waals surface area contributed by atoms with Gasteiger partial charge < -0.3 is 25.4 Å². The molecule has 7 nitrogen and oxygen atoms in total. The molecule has 0 unspecified atom stereocenters. The Morgan fingerprint density at radius 1 is 1.11 bits per heavy atom. The Kier molecular flexibility index (Phi) is 8.61. The number of nitrogens with one attached hydrogen (secondary N) is 2. The molecule has 1 aliphatic heterocycles. The van der Waals surface area contributed by atoms with Crippen LogP contribution in [0.5, 0.6) is 0 Å². The Morgan fingerprint density at radius 3 is 2.34 bits per heavy atom. The van der Waals surface area contributed by atoms with Crippen LogP contribution in [-0.4, -0.2) is 49.1 Å². The van der Waals surface area contributed by atoms with Crippen LogP contribution in [0.4, 0.5) is 35.0 Å². The molecule has 0 spiro atoms. The lowest BCUT2D eigenvalue weighted by Crippen LogP contribution is -2.40. The molecule has 1 saturated heterocycles. The van der Waals surface area contributed by atoms with Gasteiger partial charge in [0.25, 0.3) is 0 Å². The summed E-state index contributed by atoms with van der Waals surface area (Å²) in [7, 11) is 0. The van der Waals surface area contributed by atoms with Gasteiger partial charge in [-0.3, -0.25) is 4.79 Å². The van der Waals surface area contributed by atoms with Gasteiger partial charge in [-0.15, -0.1) is 0 Å². The second-order valence-corrected chi connectivity index (χ2v) is 8.54. The minimum atomic E-state index is -4.76. The van der Waals surface area contributed by atoms with E-state index >= 15 is 0 Å². The summed E-state index contributed by atoms with van der Waals surface area (Å²) in [5.74, 6) is -3.76. The number of urea groups is 1. The van der Waals surface area contributed by atoms with Crippen LogP contribution < -0.4 is 15.5 Å². The quantitative estimate of drug-likeness (QED) is 0.435. The molecule has 3 N–H and O–H groups in total. The van der Waals surface area contributed by atoms with Gasteiger partial charge in [-0.05, 0) is 56.5 Å². The van der Waals surface area contributed by atoms with Crippen LogP contribution in [0.25, 0.3) is 0 Å². The molecule has 2 amide bonds. The van der Waals surface area contributed by atoms with Gasteiger partial charge in [0, 0.05) is 31.5 Å². The number of hydrogen-bond acceptors (Lipinski definition) is 4. The minimum absolute atomic E-state index is 0.0951. The fraction of sp³-hybridized carbons (Fsp3) is 0.440. The minimum Gasteiger partial charge on any atom is -0.481 e. The molecule has 10 heteroatoms. The summed E-state index contributed by atoms with van der Waals surface area (Å²) in [6.07, 6.45) is -4.37. The largest absolute Gasteiger partial charge is 0.481 e. The van der Waals surface area contributed by atoms with E-state index < -0.39 is 30.5 Å². The summed E-state index contributed by atoms with van der Waals surface area (Å²) < 4.78 is 46.6. The fourth-order valence-electron chi connectivity index (χ4n) is 4.26. The van der Waals surface area contributed by atoms with E-state index in [2.05, 4.69) is 10.6 Å². The van der Waals surface area contributed by atoms with E-state index in [1.165, 1.54) is 18.2 Å². The standard InChI is InChI=1S/C25H30F3N3O4/c1-3-31(19-10-12-35-13-11-19)22-9-6-17(20(15-23(32)33)25(26,27)28)14-21(22)30-24(34)29-18-7-4-16(2)5-8-18/h4-9,14,19-20H,3,10-13,15H2,1-2H3,(H,32,33)(H2,29,30,34)/t20-/m1/s1. The van der Waals surface area contributed by atoms with Gasteiger partial charge in [0.05, 0.1) is 23.7 Å². The molecule has 1 heterocycles. The van der Waals surface area contributed by atoms with Crippen molar-refractivity contribution < 1.29 is 32.6 Å². The Bertz CT molecular complexity index is 1020. The van der Waals surface area contributed by atoms with Crippen LogP contribution >= 0.6 is 0 Å². The van der Waals surface area contributed by atoms with Crippen molar-refractivity contribution >= 4 is 29.1 Å². The number of aliphatic carboxylic acids is 1. The highest BCUT2D eigenvalue weighted by Gasteiger charge is 2.42. The van der Waals surface area contributed by atoms with Crippen LogP contribution in [0.2, 0.25) is 0 Å². The summed E-state index contributed by atoms with van der Waals surface area (Å²) in [4.78, 5) is 26.0. The van der Waals surface area contributed by atoms with Gasteiger partial charge in [-0.1, -0.05) is 23.8 Å². The predicted octanol–water partition coefficient (Wildman–Crippen LogP) is 5.76. The van der Waals surface area contributed by atoms with E-state index in [9.17, 15) is 22.8 Å². The number of hydrogen-bond donors (Lipinski definition) is 3. The number of carbonyl (C=O) groups is 2. The van der Waals surface area contributed by atoms with Gasteiger partial charge in [0.1, 0.15) is 0 Å². The van der Waals surface area contributed by atoms with Crippen molar-refractivity contribution in [3.63, 3.8) is 0 Å². The van der Waals surface area contributed by atoms with E-state index in [0.717, 1.165) is 18.4 Å². The number of carboxylic acid groups (broad SMARTS) is 1. The van der Waals surface area contributed by atoms with Gasteiger partial charge in [0.2, 0.25) is 0 Å². The predicted molar refractivity (Wildman–Crippen MR) is 128 cm³/mol. The number of anilines is 3. The molecule has 0 bridgehead atoms. The average molecular weight is 494 g/mol. The molecular formula is C25H30F3N3O4. The van der Waals surface area contributed by atoms with Crippen LogP contribution in [0, 0.1) is 6.92 Å². The number of aryl methyl sites for hydroxylation is 1. The SMILES string of the molecule is CCN(c1ccc([C@@H](CC(=O)O)C(F)(F)F)cc1NC(=O)Nc1ccc(C)cc1)C1CCOCC1. The Balaban J connectivity index is 1.97. The van der Waals surface area contributed by atoms with Gasteiger partial charge >= 0.3 is 18.2 Å². The van der Waals surface area contributed by atoms with Gasteiger partial charge in [-0.2, -0.15) is 13.2 Å². The van der Waals surface area contributed by atoms with Crippen molar-refractivity contribution in [1.82, 2.24) is 0 Å². The molecule has 35 heavy (non-hydrogen) atoms. The van der Waals surface area contributed by atoms with Gasteiger partial charge in [-0.25, -0.2) is 4.79 Å². The van der Waals surface area contributed by atoms with E-state index in [1.807, 2.05) is 30.9 Å². The molecule has 190 valence electrons. The highest BCUT2D eigenvalue weighted by molar-refractivity contribution is 6.02. The maximum Gasteiger partial charge on any atom is 0.396 e. The zero-order chi connectivity index (χ0) is 25.6. The molecular weight excluding hydrogens is 463 g/mol. The van der Waals surface area contributed by atoms with Crippen molar-refractivity contribution in [3.05, 3.63) is 53.6 Å². The summed E-state index contributed by atoms with van der Waals surface area (Å²) in [5, 5.41) is 14.4. The van der Waals surface area contributed by atoms with Crippen LogP contribution in [0.3, 0.4) is 0 Å². The number of alkyl halides is 3. The smallest absolute Gasteiger partial charge is 0.396 e. The highest BCUT2D eigenvalue weighted by Crippen LogP contribution is 2.41. The Labute approximate surface area is 202 Å². The van der Waals surface area contributed by atoms with Crippen LogP contribution in [0.1, 0.15) is 43.2 Å².